The molecule has 5 heteroatoms. The molecule has 2 rings (SSSR count). The number of nitrogens with one attached hydrogen (secondary N) is 1. The number of hydrogen-bond donors (Lipinski definition) is 1. The lowest BCUT2D eigenvalue weighted by Gasteiger charge is -2.33. The SMILES string of the molecule is CCOC(C)(C)C(NC)c1cnnn1-c1ccccc1. The molecule has 0 aliphatic carbocycles. The van der Waals surface area contributed by atoms with E-state index >= 15 is 0 Å². The van der Waals surface area contributed by atoms with Crippen molar-refractivity contribution in [3.63, 3.8) is 0 Å². The second-order valence-electron chi connectivity index (χ2n) is 5.16. The van der Waals surface area contributed by atoms with Crippen LogP contribution in [0.1, 0.15) is 32.5 Å². The number of rotatable bonds is 6. The quantitative estimate of drug-likeness (QED) is 0.878. The minimum atomic E-state index is -0.349. The Hall–Kier alpha value is -1.72. The van der Waals surface area contributed by atoms with Crippen molar-refractivity contribution >= 4 is 0 Å². The van der Waals surface area contributed by atoms with Crippen LogP contribution in [0, 0.1) is 0 Å². The lowest BCUT2D eigenvalue weighted by atomic mass is 9.95. The molecule has 1 aromatic carbocycles. The molecule has 20 heavy (non-hydrogen) atoms. The second kappa shape index (κ2) is 6.15. The summed E-state index contributed by atoms with van der Waals surface area (Å²) in [6.45, 7) is 6.80. The van der Waals surface area contributed by atoms with Crippen molar-refractivity contribution < 1.29 is 4.74 Å². The number of likely N-dealkylation sites (N-methyl/N-ethyl adjacent to an activating group) is 1. The summed E-state index contributed by atoms with van der Waals surface area (Å²) >= 11 is 0. The number of nitrogens with zero attached hydrogens (tertiary/aromatic N) is 3. The summed E-state index contributed by atoms with van der Waals surface area (Å²) in [5.41, 5.74) is 1.63. The average molecular weight is 274 g/mol. The van der Waals surface area contributed by atoms with Gasteiger partial charge in [0.15, 0.2) is 0 Å². The van der Waals surface area contributed by atoms with Crippen LogP contribution in [-0.4, -0.2) is 34.2 Å². The van der Waals surface area contributed by atoms with Crippen LogP contribution in [-0.2, 0) is 4.74 Å². The minimum Gasteiger partial charge on any atom is -0.374 e. The van der Waals surface area contributed by atoms with Gasteiger partial charge in [-0.05, 0) is 40.0 Å². The van der Waals surface area contributed by atoms with E-state index in [9.17, 15) is 0 Å². The Balaban J connectivity index is 2.40. The molecule has 1 heterocycles. The zero-order chi connectivity index (χ0) is 14.6. The van der Waals surface area contributed by atoms with Crippen LogP contribution in [0.15, 0.2) is 36.5 Å². The summed E-state index contributed by atoms with van der Waals surface area (Å²) in [6, 6.07) is 9.99. The number of ether oxygens (including phenoxy) is 1. The molecule has 0 aliphatic rings. The van der Waals surface area contributed by atoms with E-state index in [1.807, 2.05) is 49.0 Å². The molecule has 0 saturated carbocycles. The molecule has 108 valence electrons. The summed E-state index contributed by atoms with van der Waals surface area (Å²) in [5.74, 6) is 0. The van der Waals surface area contributed by atoms with E-state index in [-0.39, 0.29) is 11.6 Å². The maximum absolute atomic E-state index is 5.87. The topological polar surface area (TPSA) is 52.0 Å². The zero-order valence-electron chi connectivity index (χ0n) is 12.5. The fourth-order valence-corrected chi connectivity index (χ4v) is 2.52. The van der Waals surface area contributed by atoms with Crippen molar-refractivity contribution in [2.75, 3.05) is 13.7 Å². The Morgan fingerprint density at radius 1 is 1.30 bits per heavy atom. The highest BCUT2D eigenvalue weighted by Gasteiger charge is 2.33. The molecule has 1 atom stereocenters. The molecule has 0 spiro atoms. The maximum Gasteiger partial charge on any atom is 0.0844 e. The molecular formula is C15H22N4O. The van der Waals surface area contributed by atoms with Gasteiger partial charge in [0, 0.05) is 6.61 Å². The van der Waals surface area contributed by atoms with E-state index in [0.29, 0.717) is 6.61 Å². The average Bonchev–Trinajstić information content (AvgIpc) is 2.89. The molecule has 0 bridgehead atoms. The summed E-state index contributed by atoms with van der Waals surface area (Å²) in [4.78, 5) is 0. The van der Waals surface area contributed by atoms with Gasteiger partial charge in [-0.2, -0.15) is 0 Å². The Morgan fingerprint density at radius 3 is 2.60 bits per heavy atom. The smallest absolute Gasteiger partial charge is 0.0844 e. The summed E-state index contributed by atoms with van der Waals surface area (Å²) in [6.07, 6.45) is 1.79. The first kappa shape index (κ1) is 14.7. The number of hydrogen-bond acceptors (Lipinski definition) is 4. The van der Waals surface area contributed by atoms with Gasteiger partial charge in [-0.25, -0.2) is 4.68 Å². The van der Waals surface area contributed by atoms with E-state index in [0.717, 1.165) is 11.4 Å². The third-order valence-corrected chi connectivity index (χ3v) is 3.37. The molecule has 1 unspecified atom stereocenters. The number of para-hydroxylation sites is 1. The van der Waals surface area contributed by atoms with E-state index in [4.69, 9.17) is 4.74 Å². The molecule has 0 radical (unpaired) electrons. The Kier molecular flexibility index (Phi) is 4.52. The van der Waals surface area contributed by atoms with Crippen molar-refractivity contribution in [2.24, 2.45) is 0 Å². The van der Waals surface area contributed by atoms with Gasteiger partial charge in [0.05, 0.1) is 29.2 Å². The molecule has 0 fully saturated rings. The number of aromatic nitrogens is 3. The molecule has 0 aliphatic heterocycles. The van der Waals surface area contributed by atoms with Crippen molar-refractivity contribution in [1.82, 2.24) is 20.3 Å². The van der Waals surface area contributed by atoms with E-state index < -0.39 is 0 Å². The Bertz CT molecular complexity index is 536. The van der Waals surface area contributed by atoms with Crippen molar-refractivity contribution in [3.05, 3.63) is 42.2 Å². The Morgan fingerprint density at radius 2 is 2.00 bits per heavy atom. The van der Waals surface area contributed by atoms with Gasteiger partial charge in [0.25, 0.3) is 0 Å². The zero-order valence-corrected chi connectivity index (χ0v) is 12.5. The van der Waals surface area contributed by atoms with Gasteiger partial charge in [0.2, 0.25) is 0 Å². The fraction of sp³-hybridized carbons (Fsp3) is 0.467. The van der Waals surface area contributed by atoms with Crippen LogP contribution in [0.5, 0.6) is 0 Å². The number of benzene rings is 1. The molecule has 0 saturated heterocycles. The lowest BCUT2D eigenvalue weighted by Crippen LogP contribution is -2.41. The summed E-state index contributed by atoms with van der Waals surface area (Å²) < 4.78 is 7.71. The van der Waals surface area contributed by atoms with Crippen LogP contribution < -0.4 is 5.32 Å². The van der Waals surface area contributed by atoms with Gasteiger partial charge >= 0.3 is 0 Å². The van der Waals surface area contributed by atoms with Crippen molar-refractivity contribution in [1.29, 1.82) is 0 Å². The highest BCUT2D eigenvalue weighted by molar-refractivity contribution is 5.32. The van der Waals surface area contributed by atoms with E-state index in [1.165, 1.54) is 0 Å². The van der Waals surface area contributed by atoms with Gasteiger partial charge < -0.3 is 10.1 Å². The third-order valence-electron chi connectivity index (χ3n) is 3.37. The van der Waals surface area contributed by atoms with Crippen LogP contribution in [0.3, 0.4) is 0 Å². The molecule has 2 aromatic rings. The first-order valence-corrected chi connectivity index (χ1v) is 6.87. The van der Waals surface area contributed by atoms with Gasteiger partial charge in [-0.15, -0.1) is 5.10 Å². The third kappa shape index (κ3) is 2.89. The second-order valence-corrected chi connectivity index (χ2v) is 5.16. The van der Waals surface area contributed by atoms with Gasteiger partial charge in [0.1, 0.15) is 0 Å². The molecular weight excluding hydrogens is 252 g/mol. The standard InChI is InChI=1S/C15H22N4O/c1-5-20-15(2,3)14(16-4)13-11-17-18-19(13)12-9-7-6-8-10-12/h6-11,14,16H,5H2,1-4H3. The van der Waals surface area contributed by atoms with Crippen LogP contribution in [0.4, 0.5) is 0 Å². The largest absolute Gasteiger partial charge is 0.374 e. The van der Waals surface area contributed by atoms with E-state index in [1.54, 1.807) is 6.20 Å². The minimum absolute atomic E-state index is 0.00217. The fourth-order valence-electron chi connectivity index (χ4n) is 2.52. The first-order chi connectivity index (χ1) is 9.60. The molecule has 1 N–H and O–H groups in total. The van der Waals surface area contributed by atoms with E-state index in [2.05, 4.69) is 29.5 Å². The monoisotopic (exact) mass is 274 g/mol. The maximum atomic E-state index is 5.87. The molecule has 1 aromatic heterocycles. The lowest BCUT2D eigenvalue weighted by molar-refractivity contribution is -0.0389. The van der Waals surface area contributed by atoms with Crippen LogP contribution in [0.2, 0.25) is 0 Å². The summed E-state index contributed by atoms with van der Waals surface area (Å²) in [7, 11) is 1.92. The van der Waals surface area contributed by atoms with Crippen LogP contribution in [0.25, 0.3) is 5.69 Å². The van der Waals surface area contributed by atoms with Crippen molar-refractivity contribution in [3.8, 4) is 5.69 Å². The predicted molar refractivity (Wildman–Crippen MR) is 78.9 cm³/mol. The predicted octanol–water partition coefficient (Wildman–Crippen LogP) is 2.34. The van der Waals surface area contributed by atoms with Gasteiger partial charge in [-0.1, -0.05) is 23.4 Å². The van der Waals surface area contributed by atoms with Crippen LogP contribution >= 0.6 is 0 Å². The highest BCUT2D eigenvalue weighted by atomic mass is 16.5. The highest BCUT2D eigenvalue weighted by Crippen LogP contribution is 2.29. The van der Waals surface area contributed by atoms with Crippen molar-refractivity contribution in [2.45, 2.75) is 32.4 Å². The summed E-state index contributed by atoms with van der Waals surface area (Å²) in [5, 5.41) is 11.6. The normalized spacial score (nSPS) is 13.4. The van der Waals surface area contributed by atoms with Gasteiger partial charge in [-0.3, -0.25) is 0 Å². The Labute approximate surface area is 120 Å². The molecule has 0 amide bonds. The molecule has 5 nitrogen and oxygen atoms in total. The first-order valence-electron chi connectivity index (χ1n) is 6.87.